The monoisotopic (exact) mass is 198 g/mol. The molecule has 78 valence electrons. The highest BCUT2D eigenvalue weighted by molar-refractivity contribution is 5.35. The molecule has 0 amide bonds. The van der Waals surface area contributed by atoms with Crippen LogP contribution < -0.4 is 5.32 Å². The van der Waals surface area contributed by atoms with E-state index in [2.05, 4.69) is 10.3 Å². The molecule has 0 aliphatic carbocycles. The first-order chi connectivity index (χ1) is 6.55. The van der Waals surface area contributed by atoms with Crippen molar-refractivity contribution in [1.82, 2.24) is 4.98 Å². The first kappa shape index (κ1) is 10.9. The SMILES string of the molecule is COC(C)(C)CNc1ncccc1F. The highest BCUT2D eigenvalue weighted by Gasteiger charge is 2.16. The van der Waals surface area contributed by atoms with Gasteiger partial charge in [0.2, 0.25) is 0 Å². The Labute approximate surface area is 83.3 Å². The summed E-state index contributed by atoms with van der Waals surface area (Å²) in [5.41, 5.74) is -0.329. The quantitative estimate of drug-likeness (QED) is 0.804. The Morgan fingerprint density at radius 2 is 2.29 bits per heavy atom. The number of hydrogen-bond donors (Lipinski definition) is 1. The number of nitrogens with zero attached hydrogens (tertiary/aromatic N) is 1. The molecule has 0 spiro atoms. The van der Waals surface area contributed by atoms with Crippen molar-refractivity contribution in [1.29, 1.82) is 0 Å². The molecular weight excluding hydrogens is 183 g/mol. The third-order valence-corrected chi connectivity index (χ3v) is 1.99. The zero-order valence-electron chi connectivity index (χ0n) is 8.67. The van der Waals surface area contributed by atoms with Gasteiger partial charge < -0.3 is 10.1 Å². The van der Waals surface area contributed by atoms with Crippen molar-refractivity contribution in [3.8, 4) is 0 Å². The van der Waals surface area contributed by atoms with E-state index in [1.54, 1.807) is 19.4 Å². The van der Waals surface area contributed by atoms with Crippen LogP contribution in [0.2, 0.25) is 0 Å². The third kappa shape index (κ3) is 2.96. The molecule has 0 aliphatic heterocycles. The normalized spacial score (nSPS) is 11.4. The van der Waals surface area contributed by atoms with Crippen LogP contribution in [0.4, 0.5) is 10.2 Å². The minimum absolute atomic E-state index is 0.262. The van der Waals surface area contributed by atoms with Gasteiger partial charge in [0, 0.05) is 19.9 Å². The second-order valence-corrected chi connectivity index (χ2v) is 3.65. The molecule has 14 heavy (non-hydrogen) atoms. The first-order valence-electron chi connectivity index (χ1n) is 4.45. The molecule has 3 nitrogen and oxygen atoms in total. The largest absolute Gasteiger partial charge is 0.377 e. The Morgan fingerprint density at radius 1 is 1.57 bits per heavy atom. The van der Waals surface area contributed by atoms with E-state index in [1.165, 1.54) is 6.07 Å². The summed E-state index contributed by atoms with van der Waals surface area (Å²) in [6, 6.07) is 2.93. The summed E-state index contributed by atoms with van der Waals surface area (Å²) < 4.78 is 18.3. The van der Waals surface area contributed by atoms with Gasteiger partial charge in [0.15, 0.2) is 11.6 Å². The lowest BCUT2D eigenvalue weighted by molar-refractivity contribution is 0.0342. The van der Waals surface area contributed by atoms with E-state index in [0.717, 1.165) is 0 Å². The predicted molar refractivity (Wildman–Crippen MR) is 53.8 cm³/mol. The molecule has 1 heterocycles. The number of hydrogen-bond acceptors (Lipinski definition) is 3. The van der Waals surface area contributed by atoms with Crippen molar-refractivity contribution in [2.45, 2.75) is 19.4 Å². The lowest BCUT2D eigenvalue weighted by atomic mass is 10.1. The van der Waals surface area contributed by atoms with Gasteiger partial charge in [0.1, 0.15) is 0 Å². The van der Waals surface area contributed by atoms with Crippen LogP contribution in [0.25, 0.3) is 0 Å². The molecule has 0 saturated carbocycles. The Bertz CT molecular complexity index is 302. The molecule has 0 unspecified atom stereocenters. The summed E-state index contributed by atoms with van der Waals surface area (Å²) in [5, 5.41) is 2.89. The van der Waals surface area contributed by atoms with Gasteiger partial charge in [0.25, 0.3) is 0 Å². The molecule has 4 heteroatoms. The summed E-state index contributed by atoms with van der Waals surface area (Å²) in [4.78, 5) is 3.87. The van der Waals surface area contributed by atoms with Gasteiger partial charge in [-0.15, -0.1) is 0 Å². The third-order valence-electron chi connectivity index (χ3n) is 1.99. The standard InChI is InChI=1S/C10H15FN2O/c1-10(2,14-3)7-13-9-8(11)5-4-6-12-9/h4-6H,7H2,1-3H3,(H,12,13). The van der Waals surface area contributed by atoms with Crippen LogP contribution in [0.5, 0.6) is 0 Å². The fourth-order valence-corrected chi connectivity index (χ4v) is 0.885. The number of methoxy groups -OCH3 is 1. The number of aromatic nitrogens is 1. The lowest BCUT2D eigenvalue weighted by Crippen LogP contribution is -2.32. The lowest BCUT2D eigenvalue weighted by Gasteiger charge is -2.23. The minimum atomic E-state index is -0.348. The number of halogens is 1. The van der Waals surface area contributed by atoms with E-state index in [9.17, 15) is 4.39 Å². The van der Waals surface area contributed by atoms with E-state index in [0.29, 0.717) is 6.54 Å². The van der Waals surface area contributed by atoms with E-state index in [1.807, 2.05) is 13.8 Å². The second kappa shape index (κ2) is 4.37. The van der Waals surface area contributed by atoms with Gasteiger partial charge in [-0.25, -0.2) is 9.37 Å². The minimum Gasteiger partial charge on any atom is -0.377 e. The average molecular weight is 198 g/mol. The summed E-state index contributed by atoms with van der Waals surface area (Å²) in [6.07, 6.45) is 1.55. The molecule has 1 aromatic rings. The molecule has 0 aliphatic rings. The topological polar surface area (TPSA) is 34.1 Å². The van der Waals surface area contributed by atoms with Crippen LogP contribution in [0.15, 0.2) is 18.3 Å². The molecule has 1 N–H and O–H groups in total. The van der Waals surface area contributed by atoms with Crippen LogP contribution in [0.1, 0.15) is 13.8 Å². The van der Waals surface area contributed by atoms with Crippen molar-refractivity contribution < 1.29 is 9.13 Å². The zero-order chi connectivity index (χ0) is 10.6. The van der Waals surface area contributed by atoms with E-state index in [-0.39, 0.29) is 17.2 Å². The number of nitrogens with one attached hydrogen (secondary N) is 1. The van der Waals surface area contributed by atoms with Gasteiger partial charge in [-0.1, -0.05) is 0 Å². The first-order valence-corrected chi connectivity index (χ1v) is 4.45. The van der Waals surface area contributed by atoms with Gasteiger partial charge in [0.05, 0.1) is 5.60 Å². The van der Waals surface area contributed by atoms with Crippen molar-refractivity contribution >= 4 is 5.82 Å². The Hall–Kier alpha value is -1.16. The van der Waals surface area contributed by atoms with Crippen LogP contribution >= 0.6 is 0 Å². The van der Waals surface area contributed by atoms with Crippen molar-refractivity contribution in [2.75, 3.05) is 19.0 Å². The number of rotatable bonds is 4. The van der Waals surface area contributed by atoms with Crippen molar-refractivity contribution in [3.63, 3.8) is 0 Å². The summed E-state index contributed by atoms with van der Waals surface area (Å²) >= 11 is 0. The Kier molecular flexibility index (Phi) is 3.41. The highest BCUT2D eigenvalue weighted by atomic mass is 19.1. The van der Waals surface area contributed by atoms with Gasteiger partial charge in [-0.2, -0.15) is 0 Å². The molecule has 1 rings (SSSR count). The highest BCUT2D eigenvalue weighted by Crippen LogP contribution is 2.12. The van der Waals surface area contributed by atoms with Crippen LogP contribution in [0, 0.1) is 5.82 Å². The van der Waals surface area contributed by atoms with Gasteiger partial charge >= 0.3 is 0 Å². The van der Waals surface area contributed by atoms with E-state index in [4.69, 9.17) is 4.74 Å². The van der Waals surface area contributed by atoms with Gasteiger partial charge in [-0.3, -0.25) is 0 Å². The van der Waals surface area contributed by atoms with Crippen molar-refractivity contribution in [2.24, 2.45) is 0 Å². The molecule has 0 saturated heterocycles. The molecular formula is C10H15FN2O. The fraction of sp³-hybridized carbons (Fsp3) is 0.500. The van der Waals surface area contributed by atoms with Crippen molar-refractivity contribution in [3.05, 3.63) is 24.1 Å². The Morgan fingerprint density at radius 3 is 2.86 bits per heavy atom. The maximum absolute atomic E-state index is 13.1. The molecule has 0 radical (unpaired) electrons. The summed E-state index contributed by atoms with van der Waals surface area (Å²) in [5.74, 6) is -0.0861. The summed E-state index contributed by atoms with van der Waals surface area (Å²) in [7, 11) is 1.62. The van der Waals surface area contributed by atoms with Crippen LogP contribution in [-0.2, 0) is 4.74 Å². The number of ether oxygens (including phenoxy) is 1. The molecule has 0 aromatic carbocycles. The zero-order valence-corrected chi connectivity index (χ0v) is 8.67. The fourth-order valence-electron chi connectivity index (χ4n) is 0.885. The average Bonchev–Trinajstić information content (AvgIpc) is 2.17. The molecule has 0 bridgehead atoms. The van der Waals surface area contributed by atoms with E-state index < -0.39 is 0 Å². The van der Waals surface area contributed by atoms with Crippen LogP contribution in [0.3, 0.4) is 0 Å². The molecule has 0 atom stereocenters. The number of pyridine rings is 1. The molecule has 1 aromatic heterocycles. The predicted octanol–water partition coefficient (Wildman–Crippen LogP) is 2.06. The maximum Gasteiger partial charge on any atom is 0.165 e. The smallest absolute Gasteiger partial charge is 0.165 e. The Balaban J connectivity index is 2.58. The maximum atomic E-state index is 13.1. The van der Waals surface area contributed by atoms with E-state index >= 15 is 0 Å². The number of anilines is 1. The second-order valence-electron chi connectivity index (χ2n) is 3.65. The summed E-state index contributed by atoms with van der Waals surface area (Å²) in [6.45, 7) is 4.35. The van der Waals surface area contributed by atoms with Gasteiger partial charge in [-0.05, 0) is 26.0 Å². The van der Waals surface area contributed by atoms with Crippen LogP contribution in [-0.4, -0.2) is 24.2 Å². The molecule has 0 fully saturated rings.